The Morgan fingerprint density at radius 1 is 1.31 bits per heavy atom. The molecule has 2 rings (SSSR count). The molecule has 0 saturated carbocycles. The summed E-state index contributed by atoms with van der Waals surface area (Å²) in [7, 11) is -3.25. The summed E-state index contributed by atoms with van der Waals surface area (Å²) in [6, 6.07) is 5.31. The number of sulfonamides is 1. The van der Waals surface area contributed by atoms with E-state index in [0.29, 0.717) is 18.8 Å². The van der Waals surface area contributed by atoms with Gasteiger partial charge in [-0.05, 0) is 23.3 Å². The molecule has 16 heavy (non-hydrogen) atoms. The summed E-state index contributed by atoms with van der Waals surface area (Å²) in [5.41, 5.74) is 2.58. The Bertz CT molecular complexity index is 525. The van der Waals surface area contributed by atoms with E-state index in [1.807, 2.05) is 6.07 Å². The lowest BCUT2D eigenvalue weighted by Gasteiger charge is -2.05. The Labute approximate surface area is 94.1 Å². The van der Waals surface area contributed by atoms with Gasteiger partial charge in [0.05, 0.1) is 6.26 Å². The predicted octanol–water partition coefficient (Wildman–Crippen LogP) is 0.530. The van der Waals surface area contributed by atoms with Gasteiger partial charge in [-0.1, -0.05) is 6.07 Å². The topological polar surface area (TPSA) is 66.5 Å². The Morgan fingerprint density at radius 3 is 2.62 bits per heavy atom. The number of benzene rings is 1. The van der Waals surface area contributed by atoms with E-state index < -0.39 is 10.0 Å². The molecule has 5 nitrogen and oxygen atoms in total. The zero-order valence-electron chi connectivity index (χ0n) is 8.80. The summed E-state index contributed by atoms with van der Waals surface area (Å²) in [6.07, 6.45) is 1.90. The third kappa shape index (κ3) is 2.33. The van der Waals surface area contributed by atoms with Gasteiger partial charge in [0, 0.05) is 18.8 Å². The average Bonchev–Trinajstić information content (AvgIpc) is 2.57. The number of anilines is 1. The van der Waals surface area contributed by atoms with E-state index in [1.165, 1.54) is 0 Å². The number of nitrogens with zero attached hydrogens (tertiary/aromatic N) is 1. The maximum Gasteiger partial charge on any atom is 0.229 e. The Hall–Kier alpha value is -1.56. The number of rotatable bonds is 3. The maximum absolute atomic E-state index is 11.0. The van der Waals surface area contributed by atoms with Gasteiger partial charge in [0.15, 0.2) is 0 Å². The summed E-state index contributed by atoms with van der Waals surface area (Å²) in [4.78, 5) is 12.2. The van der Waals surface area contributed by atoms with Gasteiger partial charge in [0.25, 0.3) is 0 Å². The zero-order chi connectivity index (χ0) is 11.8. The minimum absolute atomic E-state index is 0.536. The zero-order valence-corrected chi connectivity index (χ0v) is 9.62. The van der Waals surface area contributed by atoms with Crippen LogP contribution in [0.4, 0.5) is 5.69 Å². The van der Waals surface area contributed by atoms with E-state index >= 15 is 0 Å². The number of carbonyl (C=O) groups is 1. The number of nitrogens with one attached hydrogen (secondary N) is 1. The molecule has 0 saturated heterocycles. The number of amides is 1. The van der Waals surface area contributed by atoms with Crippen molar-refractivity contribution >= 4 is 22.1 Å². The largest absolute Gasteiger partial charge is 0.337 e. The van der Waals surface area contributed by atoms with Gasteiger partial charge in [-0.15, -0.1) is 0 Å². The first-order valence-corrected chi connectivity index (χ1v) is 6.66. The molecule has 86 valence electrons. The van der Waals surface area contributed by atoms with Gasteiger partial charge in [-0.2, -0.15) is 0 Å². The van der Waals surface area contributed by atoms with Crippen LogP contribution >= 0.6 is 0 Å². The average molecular weight is 240 g/mol. The first-order chi connectivity index (χ1) is 7.48. The fourth-order valence-electron chi connectivity index (χ4n) is 1.77. The van der Waals surface area contributed by atoms with Crippen LogP contribution < -0.4 is 4.72 Å². The molecule has 0 spiro atoms. The molecule has 1 aromatic carbocycles. The Kier molecular flexibility index (Phi) is 2.59. The van der Waals surface area contributed by atoms with Crippen LogP contribution in [0.15, 0.2) is 18.2 Å². The summed E-state index contributed by atoms with van der Waals surface area (Å²) in [6.45, 7) is 1.14. The van der Waals surface area contributed by atoms with Crippen molar-refractivity contribution in [3.05, 3.63) is 29.3 Å². The van der Waals surface area contributed by atoms with E-state index in [0.717, 1.165) is 23.8 Å². The van der Waals surface area contributed by atoms with Crippen LogP contribution in [0, 0.1) is 0 Å². The molecule has 1 aromatic rings. The minimum Gasteiger partial charge on any atom is -0.337 e. The lowest BCUT2D eigenvalue weighted by Crippen LogP contribution is -2.12. The van der Waals surface area contributed by atoms with Crippen LogP contribution in [0.1, 0.15) is 11.1 Å². The fourth-order valence-corrected chi connectivity index (χ4v) is 2.33. The molecule has 0 atom stereocenters. The number of hydrogen-bond donors (Lipinski definition) is 1. The molecule has 0 fully saturated rings. The smallest absolute Gasteiger partial charge is 0.229 e. The second-order valence-corrected chi connectivity index (χ2v) is 5.62. The van der Waals surface area contributed by atoms with Gasteiger partial charge in [0.1, 0.15) is 0 Å². The van der Waals surface area contributed by atoms with E-state index in [1.54, 1.807) is 17.0 Å². The number of fused-ring (bicyclic) bond motifs is 1. The van der Waals surface area contributed by atoms with E-state index in [-0.39, 0.29) is 0 Å². The standard InChI is InChI=1S/C10H12N2O3S/c1-16(14,15)11-10-3-2-8-5-12(7-13)6-9(8)4-10/h2-4,7,11H,5-6H2,1H3. The quantitative estimate of drug-likeness (QED) is 0.784. The molecule has 1 amide bonds. The highest BCUT2D eigenvalue weighted by atomic mass is 32.2. The number of carbonyl (C=O) groups excluding carboxylic acids is 1. The molecule has 6 heteroatoms. The highest BCUT2D eigenvalue weighted by Crippen LogP contribution is 2.24. The summed E-state index contributed by atoms with van der Waals surface area (Å²) in [5, 5.41) is 0. The van der Waals surface area contributed by atoms with Crippen molar-refractivity contribution in [3.8, 4) is 0 Å². The van der Waals surface area contributed by atoms with Crippen LogP contribution in [0.25, 0.3) is 0 Å². The normalized spacial score (nSPS) is 14.7. The predicted molar refractivity (Wildman–Crippen MR) is 60.2 cm³/mol. The van der Waals surface area contributed by atoms with Gasteiger partial charge >= 0.3 is 0 Å². The van der Waals surface area contributed by atoms with Crippen molar-refractivity contribution in [1.29, 1.82) is 0 Å². The molecule has 0 aliphatic carbocycles. The molecule has 0 bridgehead atoms. The lowest BCUT2D eigenvalue weighted by molar-refractivity contribution is -0.118. The first-order valence-electron chi connectivity index (χ1n) is 4.77. The molecular formula is C10H12N2O3S. The summed E-state index contributed by atoms with van der Waals surface area (Å²) < 4.78 is 24.5. The van der Waals surface area contributed by atoms with Crippen molar-refractivity contribution in [2.24, 2.45) is 0 Å². The highest BCUT2D eigenvalue weighted by molar-refractivity contribution is 7.92. The van der Waals surface area contributed by atoms with Crippen LogP contribution in [0.3, 0.4) is 0 Å². The Balaban J connectivity index is 2.25. The molecular weight excluding hydrogens is 228 g/mol. The van der Waals surface area contributed by atoms with Crippen molar-refractivity contribution in [2.45, 2.75) is 13.1 Å². The molecule has 0 unspecified atom stereocenters. The van der Waals surface area contributed by atoms with Crippen LogP contribution in [0.2, 0.25) is 0 Å². The molecule has 0 radical (unpaired) electrons. The van der Waals surface area contributed by atoms with Gasteiger partial charge in [-0.3, -0.25) is 9.52 Å². The summed E-state index contributed by atoms with van der Waals surface area (Å²) >= 11 is 0. The summed E-state index contributed by atoms with van der Waals surface area (Å²) in [5.74, 6) is 0. The first kappa shape index (κ1) is 10.9. The minimum atomic E-state index is -3.25. The van der Waals surface area contributed by atoms with Gasteiger partial charge in [-0.25, -0.2) is 8.42 Å². The molecule has 1 N–H and O–H groups in total. The van der Waals surface area contributed by atoms with Crippen LogP contribution in [-0.4, -0.2) is 26.0 Å². The second kappa shape index (κ2) is 3.79. The SMILES string of the molecule is CS(=O)(=O)Nc1ccc2c(c1)CN(C=O)C2. The molecule has 1 aliphatic heterocycles. The van der Waals surface area contributed by atoms with Crippen LogP contribution in [0.5, 0.6) is 0 Å². The Morgan fingerprint density at radius 2 is 2.00 bits per heavy atom. The highest BCUT2D eigenvalue weighted by Gasteiger charge is 2.17. The van der Waals surface area contributed by atoms with Crippen molar-refractivity contribution in [1.82, 2.24) is 4.90 Å². The van der Waals surface area contributed by atoms with Gasteiger partial charge < -0.3 is 4.90 Å². The van der Waals surface area contributed by atoms with E-state index in [9.17, 15) is 13.2 Å². The number of hydrogen-bond acceptors (Lipinski definition) is 3. The lowest BCUT2D eigenvalue weighted by atomic mass is 10.1. The van der Waals surface area contributed by atoms with Crippen molar-refractivity contribution in [3.63, 3.8) is 0 Å². The third-order valence-corrected chi connectivity index (χ3v) is 3.01. The maximum atomic E-state index is 11.0. The van der Waals surface area contributed by atoms with Crippen molar-refractivity contribution in [2.75, 3.05) is 11.0 Å². The van der Waals surface area contributed by atoms with Crippen LogP contribution in [-0.2, 0) is 27.9 Å². The van der Waals surface area contributed by atoms with E-state index in [4.69, 9.17) is 0 Å². The van der Waals surface area contributed by atoms with Crippen molar-refractivity contribution < 1.29 is 13.2 Å². The molecule has 0 aromatic heterocycles. The van der Waals surface area contributed by atoms with E-state index in [2.05, 4.69) is 4.72 Å². The third-order valence-electron chi connectivity index (χ3n) is 2.41. The molecule has 1 heterocycles. The second-order valence-electron chi connectivity index (χ2n) is 3.87. The monoisotopic (exact) mass is 240 g/mol. The fraction of sp³-hybridized carbons (Fsp3) is 0.300. The van der Waals surface area contributed by atoms with Gasteiger partial charge in [0.2, 0.25) is 16.4 Å². The molecule has 1 aliphatic rings.